The zero-order valence-corrected chi connectivity index (χ0v) is 8.99. The molecule has 72 valence electrons. The van der Waals surface area contributed by atoms with E-state index in [4.69, 9.17) is 9.84 Å². The molecule has 1 heterocycles. The Balaban J connectivity index is 2.50. The molecular weight excluding hydrogens is 234 g/mol. The molecule has 0 aromatic carbocycles. The molecule has 0 fully saturated rings. The summed E-state index contributed by atoms with van der Waals surface area (Å²) < 4.78 is 6.11. The Morgan fingerprint density at radius 3 is 3.08 bits per heavy atom. The largest absolute Gasteiger partial charge is 0.490 e. The minimum atomic E-state index is 0.137. The fraction of sp³-hybridized carbons (Fsp3) is 0.444. The fourth-order valence-electron chi connectivity index (χ4n) is 0.764. The first-order valence-electron chi connectivity index (χ1n) is 4.08. The van der Waals surface area contributed by atoms with E-state index < -0.39 is 0 Å². The lowest BCUT2D eigenvalue weighted by atomic mass is 10.2. The zero-order valence-electron chi connectivity index (χ0n) is 7.40. The van der Waals surface area contributed by atoms with Gasteiger partial charge >= 0.3 is 0 Å². The average Bonchev–Trinajstić information content (AvgIpc) is 2.16. The van der Waals surface area contributed by atoms with Gasteiger partial charge in [0.1, 0.15) is 4.60 Å². The van der Waals surface area contributed by atoms with E-state index in [0.717, 1.165) is 0 Å². The van der Waals surface area contributed by atoms with E-state index in [9.17, 15) is 0 Å². The Bertz CT molecular complexity index is 268. The summed E-state index contributed by atoms with van der Waals surface area (Å²) in [4.78, 5) is 4.01. The fourth-order valence-corrected chi connectivity index (χ4v) is 1.13. The molecule has 1 aromatic rings. The number of ether oxygens (including phenoxy) is 1. The molecule has 0 aliphatic carbocycles. The number of nitrogens with zero attached hydrogens (tertiary/aromatic N) is 1. The smallest absolute Gasteiger partial charge is 0.152 e. The highest BCUT2D eigenvalue weighted by Gasteiger charge is 2.04. The van der Waals surface area contributed by atoms with Crippen molar-refractivity contribution in [2.75, 3.05) is 13.2 Å². The third kappa shape index (κ3) is 3.32. The highest BCUT2D eigenvalue weighted by molar-refractivity contribution is 9.10. The van der Waals surface area contributed by atoms with Crippen LogP contribution in [0.25, 0.3) is 0 Å². The van der Waals surface area contributed by atoms with Crippen molar-refractivity contribution in [2.45, 2.75) is 6.92 Å². The summed E-state index contributed by atoms with van der Waals surface area (Å²) in [5.74, 6) is 0.856. The third-order valence-corrected chi connectivity index (χ3v) is 2.16. The predicted molar refractivity (Wildman–Crippen MR) is 53.7 cm³/mol. The third-order valence-electron chi connectivity index (χ3n) is 1.56. The van der Waals surface area contributed by atoms with E-state index in [0.29, 0.717) is 17.0 Å². The number of hydrogen-bond acceptors (Lipinski definition) is 3. The van der Waals surface area contributed by atoms with Crippen molar-refractivity contribution in [3.63, 3.8) is 0 Å². The van der Waals surface area contributed by atoms with Gasteiger partial charge in [-0.05, 0) is 28.1 Å². The van der Waals surface area contributed by atoms with Gasteiger partial charge in [-0.15, -0.1) is 0 Å². The minimum absolute atomic E-state index is 0.137. The van der Waals surface area contributed by atoms with Crippen LogP contribution < -0.4 is 4.74 Å². The molecule has 0 amide bonds. The second-order valence-electron chi connectivity index (χ2n) is 2.89. The SMILES string of the molecule is C[C@H](CO)COc1cccnc1Br. The van der Waals surface area contributed by atoms with Gasteiger partial charge in [0.2, 0.25) is 0 Å². The van der Waals surface area contributed by atoms with E-state index in [-0.39, 0.29) is 12.5 Å². The molecule has 1 rings (SSSR count). The van der Waals surface area contributed by atoms with Gasteiger partial charge < -0.3 is 9.84 Å². The van der Waals surface area contributed by atoms with E-state index in [1.165, 1.54) is 0 Å². The molecule has 0 saturated heterocycles. The van der Waals surface area contributed by atoms with Crippen LogP contribution in [-0.4, -0.2) is 23.3 Å². The number of aliphatic hydroxyl groups is 1. The van der Waals surface area contributed by atoms with Crippen molar-refractivity contribution in [3.8, 4) is 5.75 Å². The van der Waals surface area contributed by atoms with Crippen LogP contribution in [0.3, 0.4) is 0 Å². The molecule has 1 aromatic heterocycles. The molecule has 0 aliphatic heterocycles. The Morgan fingerprint density at radius 2 is 2.46 bits per heavy atom. The Morgan fingerprint density at radius 1 is 1.69 bits per heavy atom. The molecular formula is C9H12BrNO2. The standard InChI is InChI=1S/C9H12BrNO2/c1-7(5-12)6-13-8-3-2-4-11-9(8)10/h2-4,7,12H,5-6H2,1H3/t7-/m1/s1. The van der Waals surface area contributed by atoms with Gasteiger partial charge in [-0.2, -0.15) is 0 Å². The van der Waals surface area contributed by atoms with Crippen molar-refractivity contribution in [2.24, 2.45) is 5.92 Å². The van der Waals surface area contributed by atoms with Crippen LogP contribution >= 0.6 is 15.9 Å². The van der Waals surface area contributed by atoms with E-state index in [2.05, 4.69) is 20.9 Å². The van der Waals surface area contributed by atoms with Crippen LogP contribution in [0, 0.1) is 5.92 Å². The van der Waals surface area contributed by atoms with Crippen LogP contribution in [0.5, 0.6) is 5.75 Å². The molecule has 0 spiro atoms. The molecule has 13 heavy (non-hydrogen) atoms. The molecule has 0 saturated carbocycles. The Hall–Kier alpha value is -0.610. The second kappa shape index (κ2) is 5.19. The second-order valence-corrected chi connectivity index (χ2v) is 3.64. The highest BCUT2D eigenvalue weighted by atomic mass is 79.9. The van der Waals surface area contributed by atoms with Gasteiger partial charge in [0.25, 0.3) is 0 Å². The van der Waals surface area contributed by atoms with Crippen molar-refractivity contribution in [1.82, 2.24) is 4.98 Å². The number of aromatic nitrogens is 1. The number of aliphatic hydroxyl groups excluding tert-OH is 1. The average molecular weight is 246 g/mol. The van der Waals surface area contributed by atoms with Crippen LogP contribution in [0.15, 0.2) is 22.9 Å². The van der Waals surface area contributed by atoms with E-state index >= 15 is 0 Å². The van der Waals surface area contributed by atoms with Crippen LogP contribution in [0.2, 0.25) is 0 Å². The number of hydrogen-bond donors (Lipinski definition) is 1. The molecule has 3 nitrogen and oxygen atoms in total. The van der Waals surface area contributed by atoms with Crippen LogP contribution in [0.1, 0.15) is 6.92 Å². The molecule has 0 unspecified atom stereocenters. The number of halogens is 1. The van der Waals surface area contributed by atoms with Gasteiger partial charge in [0, 0.05) is 18.7 Å². The molecule has 1 atom stereocenters. The van der Waals surface area contributed by atoms with Gasteiger partial charge in [-0.3, -0.25) is 0 Å². The van der Waals surface area contributed by atoms with Gasteiger partial charge in [-0.25, -0.2) is 4.98 Å². The first-order chi connectivity index (χ1) is 6.24. The number of pyridine rings is 1. The summed E-state index contributed by atoms with van der Waals surface area (Å²) in [5, 5.41) is 8.77. The maximum atomic E-state index is 8.77. The summed E-state index contributed by atoms with van der Waals surface area (Å²) in [6, 6.07) is 3.64. The first kappa shape index (κ1) is 10.5. The summed E-state index contributed by atoms with van der Waals surface area (Å²) in [7, 11) is 0. The maximum absolute atomic E-state index is 8.77. The molecule has 0 aliphatic rings. The first-order valence-corrected chi connectivity index (χ1v) is 4.87. The van der Waals surface area contributed by atoms with Crippen LogP contribution in [0.4, 0.5) is 0 Å². The monoisotopic (exact) mass is 245 g/mol. The molecule has 4 heteroatoms. The zero-order chi connectivity index (χ0) is 9.68. The molecule has 1 N–H and O–H groups in total. The normalized spacial score (nSPS) is 12.5. The topological polar surface area (TPSA) is 42.4 Å². The van der Waals surface area contributed by atoms with Crippen molar-refractivity contribution >= 4 is 15.9 Å². The minimum Gasteiger partial charge on any atom is -0.490 e. The van der Waals surface area contributed by atoms with Crippen molar-refractivity contribution in [1.29, 1.82) is 0 Å². The quantitative estimate of drug-likeness (QED) is 0.824. The lowest BCUT2D eigenvalue weighted by Gasteiger charge is -2.10. The number of rotatable bonds is 4. The van der Waals surface area contributed by atoms with Crippen molar-refractivity contribution in [3.05, 3.63) is 22.9 Å². The predicted octanol–water partition coefficient (Wildman–Crippen LogP) is 1.85. The van der Waals surface area contributed by atoms with Crippen LogP contribution in [-0.2, 0) is 0 Å². The van der Waals surface area contributed by atoms with E-state index in [1.807, 2.05) is 19.1 Å². The molecule has 0 radical (unpaired) electrons. The molecule has 0 bridgehead atoms. The summed E-state index contributed by atoms with van der Waals surface area (Å²) in [5.41, 5.74) is 0. The van der Waals surface area contributed by atoms with Gasteiger partial charge in [-0.1, -0.05) is 6.92 Å². The lowest BCUT2D eigenvalue weighted by Crippen LogP contribution is -2.12. The summed E-state index contributed by atoms with van der Waals surface area (Å²) in [6.07, 6.45) is 1.69. The summed E-state index contributed by atoms with van der Waals surface area (Å²) in [6.45, 7) is 2.56. The summed E-state index contributed by atoms with van der Waals surface area (Å²) >= 11 is 3.27. The maximum Gasteiger partial charge on any atom is 0.152 e. The lowest BCUT2D eigenvalue weighted by molar-refractivity contribution is 0.173. The highest BCUT2D eigenvalue weighted by Crippen LogP contribution is 2.21. The Labute approximate surface area is 85.9 Å². The van der Waals surface area contributed by atoms with E-state index in [1.54, 1.807) is 6.20 Å². The van der Waals surface area contributed by atoms with Gasteiger partial charge in [0.15, 0.2) is 5.75 Å². The van der Waals surface area contributed by atoms with Gasteiger partial charge in [0.05, 0.1) is 6.61 Å². The van der Waals surface area contributed by atoms with Crippen molar-refractivity contribution < 1.29 is 9.84 Å². The Kier molecular flexibility index (Phi) is 4.18.